The zero-order chi connectivity index (χ0) is 15.0. The fourth-order valence-electron chi connectivity index (χ4n) is 2.68. The maximum absolute atomic E-state index is 6.10. The lowest BCUT2D eigenvalue weighted by Gasteiger charge is -2.11. The highest BCUT2D eigenvalue weighted by Crippen LogP contribution is 2.38. The van der Waals surface area contributed by atoms with Crippen molar-refractivity contribution in [2.24, 2.45) is 0 Å². The summed E-state index contributed by atoms with van der Waals surface area (Å²) in [5.74, 6) is 0.481. The molecule has 3 aromatic rings. The van der Waals surface area contributed by atoms with Gasteiger partial charge < -0.3 is 5.73 Å². The van der Waals surface area contributed by atoms with E-state index < -0.39 is 0 Å². The van der Waals surface area contributed by atoms with Crippen LogP contribution in [0.5, 0.6) is 0 Å². The van der Waals surface area contributed by atoms with Crippen LogP contribution in [0.15, 0.2) is 42.5 Å². The van der Waals surface area contributed by atoms with Crippen molar-refractivity contribution in [2.45, 2.75) is 13.8 Å². The molecule has 0 aliphatic rings. The van der Waals surface area contributed by atoms with Gasteiger partial charge in [0.1, 0.15) is 0 Å². The lowest BCUT2D eigenvalue weighted by Crippen LogP contribution is -1.92. The van der Waals surface area contributed by atoms with Gasteiger partial charge in [-0.25, -0.2) is 0 Å². The molecule has 0 aliphatic heterocycles. The molecule has 0 unspecified atom stereocenters. The second-order valence-electron chi connectivity index (χ2n) is 5.14. The van der Waals surface area contributed by atoms with E-state index >= 15 is 0 Å². The monoisotopic (exact) mass is 297 g/mol. The van der Waals surface area contributed by atoms with Gasteiger partial charge in [-0.3, -0.25) is 5.10 Å². The summed E-state index contributed by atoms with van der Waals surface area (Å²) in [7, 11) is 0. The highest BCUT2D eigenvalue weighted by molar-refractivity contribution is 6.30. The van der Waals surface area contributed by atoms with Crippen molar-refractivity contribution in [1.29, 1.82) is 0 Å². The lowest BCUT2D eigenvalue weighted by atomic mass is 9.94. The molecule has 1 aromatic heterocycles. The van der Waals surface area contributed by atoms with Gasteiger partial charge >= 0.3 is 0 Å². The molecule has 3 nitrogen and oxygen atoms in total. The predicted molar refractivity (Wildman–Crippen MR) is 88.4 cm³/mol. The quantitative estimate of drug-likeness (QED) is 0.726. The molecule has 0 saturated heterocycles. The minimum atomic E-state index is 0.481. The third kappa shape index (κ3) is 2.41. The molecule has 21 heavy (non-hydrogen) atoms. The molecule has 2 aromatic carbocycles. The van der Waals surface area contributed by atoms with Crippen molar-refractivity contribution in [1.82, 2.24) is 10.2 Å². The zero-order valence-electron chi connectivity index (χ0n) is 11.9. The molecule has 0 bridgehead atoms. The number of hydrogen-bond donors (Lipinski definition) is 2. The molecular formula is C17H16ClN3. The van der Waals surface area contributed by atoms with Crippen molar-refractivity contribution >= 4 is 17.4 Å². The first kappa shape index (κ1) is 13.7. The van der Waals surface area contributed by atoms with Crippen LogP contribution < -0.4 is 5.73 Å². The summed E-state index contributed by atoms with van der Waals surface area (Å²) in [5.41, 5.74) is 12.4. The van der Waals surface area contributed by atoms with Crippen molar-refractivity contribution in [3.8, 4) is 22.4 Å². The number of aromatic amines is 1. The SMILES string of the molecule is Cc1cccc(C)c1-c1[nH]nc(N)c1-c1cccc(Cl)c1. The Kier molecular flexibility index (Phi) is 3.43. The summed E-state index contributed by atoms with van der Waals surface area (Å²) in [6.07, 6.45) is 0. The second kappa shape index (κ2) is 5.26. The number of nitrogens with one attached hydrogen (secondary N) is 1. The number of benzene rings is 2. The van der Waals surface area contributed by atoms with Crippen molar-refractivity contribution in [3.63, 3.8) is 0 Å². The number of H-pyrrole nitrogens is 1. The Balaban J connectivity index is 2.27. The molecule has 3 rings (SSSR count). The molecule has 0 spiro atoms. The molecule has 0 amide bonds. The molecule has 0 saturated carbocycles. The van der Waals surface area contributed by atoms with Gasteiger partial charge in [-0.2, -0.15) is 5.10 Å². The molecule has 3 N–H and O–H groups in total. The van der Waals surface area contributed by atoms with Gasteiger partial charge in [0.25, 0.3) is 0 Å². The maximum atomic E-state index is 6.10. The third-order valence-electron chi connectivity index (χ3n) is 3.64. The summed E-state index contributed by atoms with van der Waals surface area (Å²) in [6, 6.07) is 13.9. The van der Waals surface area contributed by atoms with Crippen LogP contribution in [0.2, 0.25) is 5.02 Å². The van der Waals surface area contributed by atoms with E-state index in [-0.39, 0.29) is 0 Å². The van der Waals surface area contributed by atoms with Gasteiger partial charge in [-0.1, -0.05) is 41.9 Å². The summed E-state index contributed by atoms with van der Waals surface area (Å²) in [5, 5.41) is 7.94. The molecule has 106 valence electrons. The number of rotatable bonds is 2. The van der Waals surface area contributed by atoms with Crippen molar-refractivity contribution < 1.29 is 0 Å². The standard InChI is InChI=1S/C17H16ClN3/c1-10-5-3-6-11(2)14(10)16-15(17(19)21-20-16)12-7-4-8-13(18)9-12/h3-9H,1-2H3,(H3,19,20,21). The highest BCUT2D eigenvalue weighted by Gasteiger charge is 2.17. The van der Waals surface area contributed by atoms with Crippen LogP contribution in [-0.2, 0) is 0 Å². The van der Waals surface area contributed by atoms with Crippen molar-refractivity contribution in [3.05, 3.63) is 58.6 Å². The van der Waals surface area contributed by atoms with Crippen LogP contribution in [0.3, 0.4) is 0 Å². The number of nitrogens with zero attached hydrogens (tertiary/aromatic N) is 1. The first-order valence-electron chi connectivity index (χ1n) is 6.74. The highest BCUT2D eigenvalue weighted by atomic mass is 35.5. The number of hydrogen-bond acceptors (Lipinski definition) is 2. The van der Waals surface area contributed by atoms with E-state index in [1.165, 1.54) is 11.1 Å². The summed E-state index contributed by atoms with van der Waals surface area (Å²) in [4.78, 5) is 0. The Labute approximate surface area is 128 Å². The Bertz CT molecular complexity index is 785. The van der Waals surface area contributed by atoms with Crippen LogP contribution in [0.4, 0.5) is 5.82 Å². The van der Waals surface area contributed by atoms with E-state index in [4.69, 9.17) is 17.3 Å². The topological polar surface area (TPSA) is 54.7 Å². The number of anilines is 1. The molecule has 4 heteroatoms. The third-order valence-corrected chi connectivity index (χ3v) is 3.87. The minimum Gasteiger partial charge on any atom is -0.382 e. The van der Waals surface area contributed by atoms with Crippen LogP contribution in [0.25, 0.3) is 22.4 Å². The molecule has 0 fully saturated rings. The molecular weight excluding hydrogens is 282 g/mol. The van der Waals surface area contributed by atoms with E-state index in [1.54, 1.807) is 0 Å². The van der Waals surface area contributed by atoms with Gasteiger partial charge in [-0.05, 0) is 42.7 Å². The Morgan fingerprint density at radius 1 is 1.00 bits per heavy atom. The molecule has 1 heterocycles. The van der Waals surface area contributed by atoms with E-state index in [2.05, 4.69) is 36.2 Å². The average Bonchev–Trinajstić information content (AvgIpc) is 2.80. The minimum absolute atomic E-state index is 0.481. The van der Waals surface area contributed by atoms with Gasteiger partial charge in [0.2, 0.25) is 0 Å². The van der Waals surface area contributed by atoms with Gasteiger partial charge in [0.15, 0.2) is 5.82 Å². The van der Waals surface area contributed by atoms with Gasteiger partial charge in [0.05, 0.1) is 11.3 Å². The Morgan fingerprint density at radius 3 is 2.33 bits per heavy atom. The molecule has 0 atom stereocenters. The van der Waals surface area contributed by atoms with Crippen LogP contribution in [0.1, 0.15) is 11.1 Å². The van der Waals surface area contributed by atoms with Crippen LogP contribution in [0, 0.1) is 13.8 Å². The van der Waals surface area contributed by atoms with Crippen LogP contribution >= 0.6 is 11.6 Å². The fraction of sp³-hybridized carbons (Fsp3) is 0.118. The second-order valence-corrected chi connectivity index (χ2v) is 5.57. The largest absolute Gasteiger partial charge is 0.382 e. The first-order chi connectivity index (χ1) is 10.1. The average molecular weight is 298 g/mol. The number of nitrogen functional groups attached to an aromatic ring is 1. The number of halogens is 1. The first-order valence-corrected chi connectivity index (χ1v) is 7.12. The van der Waals surface area contributed by atoms with E-state index in [0.29, 0.717) is 10.8 Å². The van der Waals surface area contributed by atoms with E-state index in [0.717, 1.165) is 22.4 Å². The van der Waals surface area contributed by atoms with E-state index in [9.17, 15) is 0 Å². The number of aryl methyl sites for hydroxylation is 2. The van der Waals surface area contributed by atoms with E-state index in [1.807, 2.05) is 30.3 Å². The fourth-order valence-corrected chi connectivity index (χ4v) is 2.87. The zero-order valence-corrected chi connectivity index (χ0v) is 12.7. The smallest absolute Gasteiger partial charge is 0.153 e. The number of aromatic nitrogens is 2. The summed E-state index contributed by atoms with van der Waals surface area (Å²) in [6.45, 7) is 4.17. The van der Waals surface area contributed by atoms with Crippen LogP contribution in [-0.4, -0.2) is 10.2 Å². The van der Waals surface area contributed by atoms with Crippen molar-refractivity contribution in [2.75, 3.05) is 5.73 Å². The number of nitrogens with two attached hydrogens (primary N) is 1. The lowest BCUT2D eigenvalue weighted by molar-refractivity contribution is 1.10. The van der Waals surface area contributed by atoms with Gasteiger partial charge in [-0.15, -0.1) is 0 Å². The normalized spacial score (nSPS) is 10.8. The Hall–Kier alpha value is -2.26. The van der Waals surface area contributed by atoms with Gasteiger partial charge in [0, 0.05) is 10.6 Å². The predicted octanol–water partition coefficient (Wildman–Crippen LogP) is 4.60. The summed E-state index contributed by atoms with van der Waals surface area (Å²) >= 11 is 6.10. The Morgan fingerprint density at radius 2 is 1.67 bits per heavy atom. The maximum Gasteiger partial charge on any atom is 0.153 e. The molecule has 0 aliphatic carbocycles. The summed E-state index contributed by atoms with van der Waals surface area (Å²) < 4.78 is 0. The molecule has 0 radical (unpaired) electrons.